The largest absolute Gasteiger partial charge is 0.463 e. The lowest BCUT2D eigenvalue weighted by atomic mass is 9.87. The van der Waals surface area contributed by atoms with E-state index in [0.717, 1.165) is 0 Å². The summed E-state index contributed by atoms with van der Waals surface area (Å²) in [5.74, 6) is -3.79. The quantitative estimate of drug-likeness (QED) is 0.0384. The molecule has 0 aromatic carbocycles. The predicted octanol–water partition coefficient (Wildman–Crippen LogP) is 4.13. The van der Waals surface area contributed by atoms with Crippen molar-refractivity contribution in [2.45, 2.75) is 93.5 Å². The van der Waals surface area contributed by atoms with Gasteiger partial charge >= 0.3 is 23.9 Å². The van der Waals surface area contributed by atoms with Gasteiger partial charge in [0.25, 0.3) is 0 Å². The molecule has 0 aromatic heterocycles. The van der Waals surface area contributed by atoms with Gasteiger partial charge in [-0.25, -0.2) is 0 Å². The van der Waals surface area contributed by atoms with Crippen molar-refractivity contribution in [3.8, 4) is 0 Å². The summed E-state index contributed by atoms with van der Waals surface area (Å²) in [6.07, 6.45) is 0. The van der Waals surface area contributed by atoms with E-state index in [1.165, 1.54) is 13.8 Å². The maximum atomic E-state index is 14.0. The van der Waals surface area contributed by atoms with E-state index in [1.807, 2.05) is 0 Å². The summed E-state index contributed by atoms with van der Waals surface area (Å²) >= 11 is 13.0. The van der Waals surface area contributed by atoms with E-state index in [1.54, 1.807) is 62.3 Å². The molecule has 0 atom stereocenters. The predicted molar refractivity (Wildman–Crippen MR) is 239 cm³/mol. The highest BCUT2D eigenvalue weighted by Gasteiger charge is 2.43. The Balaban J connectivity index is 6.25. The third-order valence-corrected chi connectivity index (χ3v) is 9.60. The van der Waals surface area contributed by atoms with Crippen LogP contribution < -0.4 is 16.4 Å². The van der Waals surface area contributed by atoms with Crippen LogP contribution in [-0.2, 0) is 66.7 Å². The van der Waals surface area contributed by atoms with Gasteiger partial charge < -0.3 is 54.3 Å². The van der Waals surface area contributed by atoms with Crippen LogP contribution in [0, 0.1) is 16.2 Å². The second kappa shape index (κ2) is 26.4. The van der Waals surface area contributed by atoms with E-state index in [-0.39, 0.29) is 32.9 Å². The van der Waals surface area contributed by atoms with Gasteiger partial charge in [0.2, 0.25) is 11.8 Å². The fourth-order valence-corrected chi connectivity index (χ4v) is 4.63. The van der Waals surface area contributed by atoms with E-state index in [2.05, 4.69) is 74.4 Å². The molecule has 2 amide bonds. The maximum Gasteiger partial charge on any atom is 0.322 e. The molecule has 0 aliphatic heterocycles. The molecule has 0 saturated carbocycles. The number of alkyl halides is 4. The molecular formula is C39H67Br4N3O14. The molecule has 0 spiro atoms. The van der Waals surface area contributed by atoms with Crippen LogP contribution in [0.5, 0.6) is 0 Å². The summed E-state index contributed by atoms with van der Waals surface area (Å²) in [4.78, 5) is 78.7. The monoisotopic (exact) mass is 1120 g/mol. The number of esters is 4. The van der Waals surface area contributed by atoms with Gasteiger partial charge in [0.1, 0.15) is 54.6 Å². The second-order valence-corrected chi connectivity index (χ2v) is 25.1. The summed E-state index contributed by atoms with van der Waals surface area (Å²) in [6, 6.07) is 0. The molecule has 21 heteroatoms. The molecule has 0 unspecified atom stereocenters. The Hall–Kier alpha value is -1.46. The van der Waals surface area contributed by atoms with Crippen molar-refractivity contribution < 1.29 is 66.7 Å². The molecule has 0 aliphatic rings. The number of nitrogens with one attached hydrogen (secondary N) is 2. The summed E-state index contributed by atoms with van der Waals surface area (Å²) in [5, 5.41) is 5.74. The highest BCUT2D eigenvalue weighted by Crippen LogP contribution is 2.28. The Morgan fingerprint density at radius 3 is 0.917 bits per heavy atom. The van der Waals surface area contributed by atoms with Crippen molar-refractivity contribution in [3.63, 3.8) is 0 Å². The molecule has 0 bridgehead atoms. The van der Waals surface area contributed by atoms with Crippen molar-refractivity contribution in [3.05, 3.63) is 0 Å². The van der Waals surface area contributed by atoms with Gasteiger partial charge in [0.15, 0.2) is 0 Å². The van der Waals surface area contributed by atoms with E-state index >= 15 is 0 Å². The minimum absolute atomic E-state index is 0.00161. The number of amides is 2. The van der Waals surface area contributed by atoms with E-state index in [0.29, 0.717) is 39.6 Å². The van der Waals surface area contributed by atoms with Crippen LogP contribution in [0.2, 0.25) is 0 Å². The number of hydrogen-bond acceptors (Lipinski definition) is 15. The molecule has 0 saturated heterocycles. The van der Waals surface area contributed by atoms with Gasteiger partial charge in [0, 0.05) is 25.0 Å². The van der Waals surface area contributed by atoms with Crippen LogP contribution in [-0.4, -0.2) is 152 Å². The molecule has 0 aromatic rings. The minimum Gasteiger partial charge on any atom is -0.463 e. The number of halogens is 4. The first kappa shape index (κ1) is 58.5. The van der Waals surface area contributed by atoms with Crippen LogP contribution in [0.25, 0.3) is 0 Å². The first-order chi connectivity index (χ1) is 27.3. The zero-order valence-electron chi connectivity index (χ0n) is 36.9. The van der Waals surface area contributed by atoms with Gasteiger partial charge in [0.05, 0.1) is 52.9 Å². The number of rotatable bonds is 31. The van der Waals surface area contributed by atoms with Crippen LogP contribution in [0.1, 0.15) is 76.2 Å². The SMILES string of the molecule is CC(CNC(=O)C(C)(COC(=O)C(C)(C)Br)COC(=O)C(C)(C)Br)(CNC(=O)C(C)(COC(=O)C(C)(C)Br)COC(=O)C(C)(C)Br)COCCOCCOCCOCCN. The number of nitrogens with two attached hydrogens (primary N) is 1. The second-order valence-electron chi connectivity index (χ2n) is 17.2. The van der Waals surface area contributed by atoms with E-state index < -0.39 is 95.7 Å². The van der Waals surface area contributed by atoms with E-state index in [4.69, 9.17) is 43.6 Å². The molecule has 0 rings (SSSR count). The summed E-state index contributed by atoms with van der Waals surface area (Å²) < 4.78 is 40.0. The van der Waals surface area contributed by atoms with Gasteiger partial charge in [-0.2, -0.15) is 0 Å². The Kier molecular flexibility index (Phi) is 25.7. The van der Waals surface area contributed by atoms with E-state index in [9.17, 15) is 28.8 Å². The number of ether oxygens (including phenoxy) is 8. The standard InChI is InChI=1S/C39H67Br4N3O14/c1-33(2,40)29(49)57-23-38(10,24-58-30(50)34(3,4)41)27(47)45-20-37(9,22-56-19-18-55-17-16-54-15-14-53-13-12-44)21-46-28(48)39(11,25-59-31(51)35(5,6)42)26-60-32(52)36(7,8)43/h12-26,44H2,1-11H3,(H,45,47)(H,46,48). The molecule has 350 valence electrons. The highest BCUT2D eigenvalue weighted by molar-refractivity contribution is 9.10. The number of carbonyl (C=O) groups is 6. The van der Waals surface area contributed by atoms with Crippen LogP contribution in [0.15, 0.2) is 0 Å². The third-order valence-electron chi connectivity index (χ3n) is 8.31. The smallest absolute Gasteiger partial charge is 0.322 e. The molecule has 60 heavy (non-hydrogen) atoms. The summed E-state index contributed by atoms with van der Waals surface area (Å²) in [7, 11) is 0. The van der Waals surface area contributed by atoms with Crippen LogP contribution in [0.3, 0.4) is 0 Å². The Bertz CT molecular complexity index is 1250. The average molecular weight is 1120 g/mol. The zero-order chi connectivity index (χ0) is 46.6. The Labute approximate surface area is 388 Å². The van der Waals surface area contributed by atoms with Crippen molar-refractivity contribution >= 4 is 99.4 Å². The average Bonchev–Trinajstić information content (AvgIpc) is 3.14. The maximum absolute atomic E-state index is 14.0. The lowest BCUT2D eigenvalue weighted by Crippen LogP contribution is -2.54. The molecule has 4 N–H and O–H groups in total. The highest BCUT2D eigenvalue weighted by atomic mass is 79.9. The molecular weight excluding hydrogens is 1050 g/mol. The fourth-order valence-electron chi connectivity index (χ4n) is 4.17. The van der Waals surface area contributed by atoms with Crippen molar-refractivity contribution in [1.82, 2.24) is 10.6 Å². The topological polar surface area (TPSA) is 226 Å². The third kappa shape index (κ3) is 23.8. The van der Waals surface area contributed by atoms with Crippen molar-refractivity contribution in [2.75, 3.05) is 98.9 Å². The Morgan fingerprint density at radius 1 is 0.417 bits per heavy atom. The first-order valence-corrected chi connectivity index (χ1v) is 22.5. The van der Waals surface area contributed by atoms with Crippen LogP contribution >= 0.6 is 63.7 Å². The van der Waals surface area contributed by atoms with Crippen molar-refractivity contribution in [2.24, 2.45) is 22.0 Å². The number of carbonyl (C=O) groups excluding carboxylic acids is 6. The number of hydrogen-bond donors (Lipinski definition) is 3. The molecule has 0 fully saturated rings. The van der Waals surface area contributed by atoms with Crippen LogP contribution in [0.4, 0.5) is 0 Å². The normalized spacial score (nSPS) is 13.0. The lowest BCUT2D eigenvalue weighted by molar-refractivity contribution is -0.161. The molecule has 0 aliphatic carbocycles. The molecule has 0 radical (unpaired) electrons. The molecule has 0 heterocycles. The van der Waals surface area contributed by atoms with Gasteiger partial charge in [-0.15, -0.1) is 0 Å². The van der Waals surface area contributed by atoms with Gasteiger partial charge in [-0.3, -0.25) is 28.8 Å². The lowest BCUT2D eigenvalue weighted by Gasteiger charge is -2.35. The van der Waals surface area contributed by atoms with Crippen molar-refractivity contribution in [1.29, 1.82) is 0 Å². The van der Waals surface area contributed by atoms with Gasteiger partial charge in [-0.05, 0) is 69.2 Å². The zero-order valence-corrected chi connectivity index (χ0v) is 43.3. The Morgan fingerprint density at radius 2 is 0.667 bits per heavy atom. The summed E-state index contributed by atoms with van der Waals surface area (Å²) in [5.41, 5.74) is 1.30. The summed E-state index contributed by atoms with van der Waals surface area (Å²) in [6.45, 7) is 18.3. The fraction of sp³-hybridized carbons (Fsp3) is 0.846. The molecule has 17 nitrogen and oxygen atoms in total. The van der Waals surface area contributed by atoms with Gasteiger partial charge in [-0.1, -0.05) is 70.6 Å². The minimum atomic E-state index is -1.54. The first-order valence-electron chi connectivity index (χ1n) is 19.4.